The first kappa shape index (κ1) is 8.65. The Morgan fingerprint density at radius 1 is 1.00 bits per heavy atom. The monoisotopic (exact) mass is 162 g/mol. The molecule has 1 fully saturated rings. The third-order valence-corrected chi connectivity index (χ3v) is 2.78. The van der Waals surface area contributed by atoms with E-state index >= 15 is 0 Å². The van der Waals surface area contributed by atoms with E-state index in [1.165, 1.54) is 50.9 Å². The maximum absolute atomic E-state index is 2.52. The summed E-state index contributed by atoms with van der Waals surface area (Å²) in [5, 5.41) is 0. The fourth-order valence-electron chi connectivity index (χ4n) is 0.959. The third kappa shape index (κ3) is 2.84. The zero-order valence-electron chi connectivity index (χ0n) is 4.69. The van der Waals surface area contributed by atoms with E-state index in [-0.39, 0.29) is 8.41 Å². The number of rotatable bonds is 0. The van der Waals surface area contributed by atoms with E-state index < -0.39 is 0 Å². The molecule has 0 unspecified atom stereocenters. The molecule has 0 spiro atoms. The molecule has 3 heteroatoms. The van der Waals surface area contributed by atoms with E-state index in [9.17, 15) is 0 Å². The van der Waals surface area contributed by atoms with Gasteiger partial charge in [-0.3, -0.25) is 0 Å². The molecule has 1 nitrogen and oxygen atoms in total. The van der Waals surface area contributed by atoms with Crippen LogP contribution in [0.15, 0.2) is 0 Å². The van der Waals surface area contributed by atoms with Crippen LogP contribution in [0.25, 0.3) is 0 Å². The Kier molecular flexibility index (Phi) is 4.89. The van der Waals surface area contributed by atoms with Gasteiger partial charge in [-0.2, -0.15) is 0 Å². The van der Waals surface area contributed by atoms with Crippen molar-refractivity contribution in [1.29, 1.82) is 0 Å². The van der Waals surface area contributed by atoms with Gasteiger partial charge in [-0.15, -0.1) is 0 Å². The topological polar surface area (TPSA) is 3.24 Å². The summed E-state index contributed by atoms with van der Waals surface area (Å²) in [6.45, 7) is 2.75. The van der Waals surface area contributed by atoms with E-state index in [2.05, 4.69) is 3.64 Å². The summed E-state index contributed by atoms with van der Waals surface area (Å²) >= 11 is 1.38. The quantitative estimate of drug-likeness (QED) is 0.445. The van der Waals surface area contributed by atoms with Gasteiger partial charge in [0, 0.05) is 0 Å². The molecule has 0 aromatic carbocycles. The van der Waals surface area contributed by atoms with Crippen molar-refractivity contribution in [3.05, 3.63) is 0 Å². The first-order valence-corrected chi connectivity index (χ1v) is 4.28. The van der Waals surface area contributed by atoms with Crippen molar-refractivity contribution >= 4 is 8.41 Å². The molecule has 1 heterocycles. The zero-order chi connectivity index (χ0) is 5.11. The number of nitrogens with zero attached hydrogens (tertiary/aromatic N) is 1. The molecule has 1 rings (SSSR count). The Morgan fingerprint density at radius 3 is 1.75 bits per heavy atom. The van der Waals surface area contributed by atoms with Gasteiger partial charge >= 0.3 is 54.5 Å². The van der Waals surface area contributed by atoms with Gasteiger partial charge in [-0.25, -0.2) is 0 Å². The van der Waals surface area contributed by atoms with Gasteiger partial charge in [0.05, 0.1) is 8.41 Å². The molecule has 0 saturated carbocycles. The Hall–Kier alpha value is 0.648. The molecule has 1 saturated heterocycles. The molecular formula is C5H13BNZn. The average molecular weight is 163 g/mol. The molecule has 0 radical (unpaired) electrons. The number of piperidine rings is 1. The van der Waals surface area contributed by atoms with Crippen molar-refractivity contribution in [3.63, 3.8) is 0 Å². The molecule has 0 N–H and O–H groups in total. The summed E-state index contributed by atoms with van der Waals surface area (Å²) in [6, 6.07) is 0. The van der Waals surface area contributed by atoms with E-state index in [0.717, 1.165) is 0 Å². The molecule has 8 heavy (non-hydrogen) atoms. The van der Waals surface area contributed by atoms with Gasteiger partial charge in [0.1, 0.15) is 0 Å². The van der Waals surface area contributed by atoms with Crippen molar-refractivity contribution < 1.29 is 18.5 Å². The molecule has 0 aromatic rings. The van der Waals surface area contributed by atoms with Crippen LogP contribution in [0.3, 0.4) is 0 Å². The zero-order valence-corrected chi connectivity index (χ0v) is 7.66. The van der Waals surface area contributed by atoms with Crippen molar-refractivity contribution in [1.82, 2.24) is 3.64 Å². The Balaban J connectivity index is 0.000000490. The minimum atomic E-state index is 0. The predicted molar refractivity (Wildman–Crippen MR) is 35.4 cm³/mol. The Bertz CT molecular complexity index is 54.4. The maximum atomic E-state index is 2.52. The van der Waals surface area contributed by atoms with Gasteiger partial charge in [-0.05, 0) is 0 Å². The van der Waals surface area contributed by atoms with Crippen LogP contribution in [0, 0.1) is 0 Å². The van der Waals surface area contributed by atoms with Crippen LogP contribution in [-0.2, 0) is 18.5 Å². The van der Waals surface area contributed by atoms with Gasteiger partial charge in [0.2, 0.25) is 0 Å². The fraction of sp³-hybridized carbons (Fsp3) is 1.00. The van der Waals surface area contributed by atoms with Gasteiger partial charge in [0.15, 0.2) is 0 Å². The summed E-state index contributed by atoms with van der Waals surface area (Å²) in [5.41, 5.74) is 0. The second kappa shape index (κ2) is 4.52. The summed E-state index contributed by atoms with van der Waals surface area (Å²) < 4.78 is 2.52. The molecule has 0 aromatic heterocycles. The summed E-state index contributed by atoms with van der Waals surface area (Å²) in [7, 11) is 0. The predicted octanol–water partition coefficient (Wildman–Crippen LogP) is -0.250. The second-order valence-electron chi connectivity index (χ2n) is 2.18. The summed E-state index contributed by atoms with van der Waals surface area (Å²) in [4.78, 5) is 0. The third-order valence-electron chi connectivity index (χ3n) is 1.45. The van der Waals surface area contributed by atoms with Crippen LogP contribution in [0.5, 0.6) is 0 Å². The standard InChI is InChI=1S/C5H10N.BH3.Zn/c1-2-4-6-5-3-1;;/h1-5H2;1H3;/q-1;;+1. The van der Waals surface area contributed by atoms with Crippen LogP contribution in [-0.4, -0.2) is 25.1 Å². The van der Waals surface area contributed by atoms with Crippen LogP contribution < -0.4 is 0 Å². The second-order valence-corrected chi connectivity index (χ2v) is 4.06. The van der Waals surface area contributed by atoms with Crippen molar-refractivity contribution in [3.8, 4) is 0 Å². The van der Waals surface area contributed by atoms with Crippen LogP contribution >= 0.6 is 0 Å². The van der Waals surface area contributed by atoms with Crippen LogP contribution in [0.4, 0.5) is 0 Å². The molecule has 0 bridgehead atoms. The molecule has 0 aliphatic carbocycles. The van der Waals surface area contributed by atoms with E-state index in [1.54, 1.807) is 0 Å². The molecule has 43 valence electrons. The number of hydrogen-bond acceptors (Lipinski definition) is 1. The first-order valence-electron chi connectivity index (χ1n) is 2.95. The molecule has 0 atom stereocenters. The normalized spacial score (nSPS) is 22.2. The van der Waals surface area contributed by atoms with Crippen molar-refractivity contribution in [2.75, 3.05) is 13.1 Å². The van der Waals surface area contributed by atoms with Crippen LogP contribution in [0.2, 0.25) is 0 Å². The van der Waals surface area contributed by atoms with E-state index in [1.807, 2.05) is 0 Å². The fourth-order valence-corrected chi connectivity index (χ4v) is 1.90. The molecule has 1 aliphatic rings. The van der Waals surface area contributed by atoms with Gasteiger partial charge in [0.25, 0.3) is 0 Å². The van der Waals surface area contributed by atoms with Crippen molar-refractivity contribution in [2.45, 2.75) is 19.3 Å². The Labute approximate surface area is 63.3 Å². The van der Waals surface area contributed by atoms with Crippen molar-refractivity contribution in [2.24, 2.45) is 0 Å². The Morgan fingerprint density at radius 2 is 1.50 bits per heavy atom. The number of hydrogen-bond donors (Lipinski definition) is 0. The molecule has 1 aliphatic heterocycles. The SMILES string of the molecule is B.[Zn][N]1CCCCC1. The molecule has 0 amide bonds. The van der Waals surface area contributed by atoms with Gasteiger partial charge < -0.3 is 0 Å². The molecular weight excluding hydrogens is 150 g/mol. The minimum absolute atomic E-state index is 0. The first-order chi connectivity index (χ1) is 3.39. The van der Waals surface area contributed by atoms with Gasteiger partial charge in [-0.1, -0.05) is 0 Å². The summed E-state index contributed by atoms with van der Waals surface area (Å²) in [6.07, 6.45) is 4.36. The van der Waals surface area contributed by atoms with E-state index in [0.29, 0.717) is 0 Å². The van der Waals surface area contributed by atoms with Crippen LogP contribution in [0.1, 0.15) is 19.3 Å². The summed E-state index contributed by atoms with van der Waals surface area (Å²) in [5.74, 6) is 0. The average Bonchev–Trinajstić information content (AvgIpc) is 1.69. The van der Waals surface area contributed by atoms with E-state index in [4.69, 9.17) is 0 Å².